The largest absolute Gasteiger partial charge is 0.484 e. The number of hydrogen-bond donors (Lipinski definition) is 2. The van der Waals surface area contributed by atoms with Crippen molar-refractivity contribution in [3.63, 3.8) is 0 Å². The van der Waals surface area contributed by atoms with E-state index in [-0.39, 0.29) is 24.3 Å². The fourth-order valence-electron chi connectivity index (χ4n) is 2.14. The third-order valence-corrected chi connectivity index (χ3v) is 4.65. The van der Waals surface area contributed by atoms with Crippen molar-refractivity contribution in [2.45, 2.75) is 26.8 Å². The van der Waals surface area contributed by atoms with Gasteiger partial charge in [-0.3, -0.25) is 9.59 Å². The number of carbonyl (C=O) groups excluding carboxylic acids is 2. The van der Waals surface area contributed by atoms with Gasteiger partial charge in [0.2, 0.25) is 5.91 Å². The van der Waals surface area contributed by atoms with E-state index in [9.17, 15) is 9.59 Å². The summed E-state index contributed by atoms with van der Waals surface area (Å²) < 4.78 is 6.56. The zero-order chi connectivity index (χ0) is 18.9. The molecule has 0 saturated carbocycles. The quantitative estimate of drug-likeness (QED) is 0.579. The van der Waals surface area contributed by atoms with Crippen molar-refractivity contribution >= 4 is 40.1 Å². The number of hydrogen-bond acceptors (Lipinski definition) is 3. The van der Waals surface area contributed by atoms with Gasteiger partial charge in [0.15, 0.2) is 6.61 Å². The predicted octanol–water partition coefficient (Wildman–Crippen LogP) is 3.97. The molecule has 0 radical (unpaired) electrons. The van der Waals surface area contributed by atoms with Crippen LogP contribution in [0.1, 0.15) is 25.8 Å². The maximum absolute atomic E-state index is 12.0. The van der Waals surface area contributed by atoms with E-state index in [4.69, 9.17) is 4.74 Å². The average molecular weight is 466 g/mol. The van der Waals surface area contributed by atoms with Crippen molar-refractivity contribution < 1.29 is 14.3 Å². The van der Waals surface area contributed by atoms with E-state index >= 15 is 0 Å². The highest BCUT2D eigenvalue weighted by Crippen LogP contribution is 2.14. The van der Waals surface area contributed by atoms with Crippen LogP contribution >= 0.6 is 22.6 Å². The molecule has 138 valence electrons. The first kappa shape index (κ1) is 20.2. The van der Waals surface area contributed by atoms with E-state index in [0.29, 0.717) is 12.3 Å². The van der Waals surface area contributed by atoms with Crippen LogP contribution < -0.4 is 15.4 Å². The van der Waals surface area contributed by atoms with E-state index in [0.717, 1.165) is 21.2 Å². The molecule has 0 aliphatic heterocycles. The van der Waals surface area contributed by atoms with E-state index in [1.165, 1.54) is 0 Å². The van der Waals surface area contributed by atoms with Crippen LogP contribution in [-0.4, -0.2) is 18.4 Å². The summed E-state index contributed by atoms with van der Waals surface area (Å²) >= 11 is 2.21. The minimum absolute atomic E-state index is 0.000364. The molecule has 0 heterocycles. The SMILES string of the molecule is CCC(C)C(=O)Nc1cccc(CNC(=O)COc2ccc(I)cc2)c1. The van der Waals surface area contributed by atoms with E-state index < -0.39 is 0 Å². The van der Waals surface area contributed by atoms with Crippen LogP contribution in [0.3, 0.4) is 0 Å². The second kappa shape index (κ2) is 10.2. The van der Waals surface area contributed by atoms with Crippen LogP contribution in [0.15, 0.2) is 48.5 Å². The van der Waals surface area contributed by atoms with E-state index in [1.54, 1.807) is 0 Å². The molecule has 1 atom stereocenters. The first-order chi connectivity index (χ1) is 12.5. The van der Waals surface area contributed by atoms with Gasteiger partial charge >= 0.3 is 0 Å². The van der Waals surface area contributed by atoms with Crippen LogP contribution in [0.25, 0.3) is 0 Å². The standard InChI is InChI=1S/C20H23IN2O3/c1-3-14(2)20(25)23-17-6-4-5-15(11-17)12-22-19(24)13-26-18-9-7-16(21)8-10-18/h4-11,14H,3,12-13H2,1-2H3,(H,22,24)(H,23,25). The molecule has 6 heteroatoms. The first-order valence-electron chi connectivity index (χ1n) is 8.52. The Balaban J connectivity index is 1.81. The van der Waals surface area contributed by atoms with Gasteiger partial charge in [-0.1, -0.05) is 26.0 Å². The molecule has 2 N–H and O–H groups in total. The van der Waals surface area contributed by atoms with Crippen molar-refractivity contribution in [3.05, 3.63) is 57.7 Å². The summed E-state index contributed by atoms with van der Waals surface area (Å²) in [5.74, 6) is 0.435. The third kappa shape index (κ3) is 6.67. The number of ether oxygens (including phenoxy) is 1. The summed E-state index contributed by atoms with van der Waals surface area (Å²) in [4.78, 5) is 23.9. The van der Waals surface area contributed by atoms with Gasteiger partial charge in [0.05, 0.1) is 0 Å². The second-order valence-corrected chi connectivity index (χ2v) is 7.26. The van der Waals surface area contributed by atoms with Crippen molar-refractivity contribution in [2.24, 2.45) is 5.92 Å². The lowest BCUT2D eigenvalue weighted by molar-refractivity contribution is -0.123. The Labute approximate surface area is 167 Å². The lowest BCUT2D eigenvalue weighted by atomic mass is 10.1. The molecule has 26 heavy (non-hydrogen) atoms. The lowest BCUT2D eigenvalue weighted by Gasteiger charge is -2.12. The van der Waals surface area contributed by atoms with Gasteiger partial charge in [0.25, 0.3) is 5.91 Å². The van der Waals surface area contributed by atoms with Gasteiger partial charge < -0.3 is 15.4 Å². The zero-order valence-corrected chi connectivity index (χ0v) is 17.1. The number of benzene rings is 2. The molecular weight excluding hydrogens is 443 g/mol. The number of nitrogens with one attached hydrogen (secondary N) is 2. The Morgan fingerprint density at radius 1 is 1.15 bits per heavy atom. The summed E-state index contributed by atoms with van der Waals surface area (Å²) in [6.07, 6.45) is 0.794. The number of anilines is 1. The minimum atomic E-state index is -0.197. The Morgan fingerprint density at radius 3 is 2.58 bits per heavy atom. The third-order valence-electron chi connectivity index (χ3n) is 3.93. The molecule has 2 aromatic rings. The molecule has 5 nitrogen and oxygen atoms in total. The summed E-state index contributed by atoms with van der Waals surface area (Å²) in [5, 5.41) is 5.71. The summed E-state index contributed by atoms with van der Waals surface area (Å²) in [6, 6.07) is 15.0. The zero-order valence-electron chi connectivity index (χ0n) is 14.9. The molecule has 0 bridgehead atoms. The van der Waals surface area contributed by atoms with Crippen LogP contribution in [0, 0.1) is 9.49 Å². The lowest BCUT2D eigenvalue weighted by Crippen LogP contribution is -2.28. The van der Waals surface area contributed by atoms with Gasteiger partial charge in [-0.25, -0.2) is 0 Å². The smallest absolute Gasteiger partial charge is 0.258 e. The van der Waals surface area contributed by atoms with Crippen LogP contribution in [-0.2, 0) is 16.1 Å². The van der Waals surface area contributed by atoms with E-state index in [2.05, 4.69) is 33.2 Å². The Bertz CT molecular complexity index is 747. The highest BCUT2D eigenvalue weighted by Gasteiger charge is 2.10. The fourth-order valence-corrected chi connectivity index (χ4v) is 2.50. The fraction of sp³-hybridized carbons (Fsp3) is 0.300. The predicted molar refractivity (Wildman–Crippen MR) is 111 cm³/mol. The molecule has 2 aromatic carbocycles. The molecule has 0 spiro atoms. The van der Waals surface area contributed by atoms with Crippen molar-refractivity contribution in [2.75, 3.05) is 11.9 Å². The summed E-state index contributed by atoms with van der Waals surface area (Å²) in [5.41, 5.74) is 1.65. The molecule has 2 amide bonds. The highest BCUT2D eigenvalue weighted by atomic mass is 127. The molecule has 0 aliphatic rings. The van der Waals surface area contributed by atoms with Crippen LogP contribution in [0.2, 0.25) is 0 Å². The number of amides is 2. The number of rotatable bonds is 8. The molecule has 0 saturated heterocycles. The van der Waals surface area contributed by atoms with Crippen LogP contribution in [0.4, 0.5) is 5.69 Å². The van der Waals surface area contributed by atoms with Crippen LogP contribution in [0.5, 0.6) is 5.75 Å². The monoisotopic (exact) mass is 466 g/mol. The Kier molecular flexibility index (Phi) is 7.90. The Morgan fingerprint density at radius 2 is 1.88 bits per heavy atom. The number of carbonyl (C=O) groups is 2. The van der Waals surface area contributed by atoms with E-state index in [1.807, 2.05) is 62.4 Å². The second-order valence-electron chi connectivity index (χ2n) is 6.02. The molecule has 0 fully saturated rings. The van der Waals surface area contributed by atoms with Gasteiger partial charge in [-0.2, -0.15) is 0 Å². The van der Waals surface area contributed by atoms with Gasteiger partial charge in [0.1, 0.15) is 5.75 Å². The summed E-state index contributed by atoms with van der Waals surface area (Å²) in [7, 11) is 0. The maximum atomic E-state index is 12.0. The topological polar surface area (TPSA) is 67.4 Å². The number of halogens is 1. The molecule has 2 rings (SSSR count). The maximum Gasteiger partial charge on any atom is 0.258 e. The van der Waals surface area contributed by atoms with Gasteiger partial charge in [-0.15, -0.1) is 0 Å². The van der Waals surface area contributed by atoms with Crippen molar-refractivity contribution in [3.8, 4) is 5.75 Å². The minimum Gasteiger partial charge on any atom is -0.484 e. The Hall–Kier alpha value is -2.09. The molecule has 1 unspecified atom stereocenters. The summed E-state index contributed by atoms with van der Waals surface area (Å²) in [6.45, 7) is 4.22. The highest BCUT2D eigenvalue weighted by molar-refractivity contribution is 14.1. The first-order valence-corrected chi connectivity index (χ1v) is 9.60. The van der Waals surface area contributed by atoms with Crippen molar-refractivity contribution in [1.29, 1.82) is 0 Å². The van der Waals surface area contributed by atoms with Gasteiger partial charge in [0, 0.05) is 21.7 Å². The average Bonchev–Trinajstić information content (AvgIpc) is 2.65. The van der Waals surface area contributed by atoms with Crippen molar-refractivity contribution in [1.82, 2.24) is 5.32 Å². The van der Waals surface area contributed by atoms with Gasteiger partial charge in [-0.05, 0) is 71.0 Å². The molecule has 0 aromatic heterocycles. The molecular formula is C20H23IN2O3. The normalized spacial score (nSPS) is 11.5. The molecule has 0 aliphatic carbocycles.